The Balaban J connectivity index is 2.36. The molecule has 1 atom stereocenters. The molecule has 0 aromatic heterocycles. The van der Waals surface area contributed by atoms with Crippen LogP contribution in [0.3, 0.4) is 0 Å². The van der Waals surface area contributed by atoms with E-state index in [1.165, 1.54) is 38.1 Å². The number of rotatable bonds is 8. The first-order valence-corrected chi connectivity index (χ1v) is 10.7. The molecule has 0 fully saturated rings. The van der Waals surface area contributed by atoms with Gasteiger partial charge in [-0.05, 0) is 86.7 Å². The van der Waals surface area contributed by atoms with Gasteiger partial charge in [0.25, 0.3) is 0 Å². The minimum atomic E-state index is -4.50. The third-order valence-corrected chi connectivity index (χ3v) is 5.92. The number of ether oxygens (including phenoxy) is 1. The molecular weight excluding hydrogens is 488 g/mol. The Kier molecular flexibility index (Phi) is 8.54. The molecular formula is C26H25F6NO3. The number of halogens is 6. The molecule has 0 bridgehead atoms. The van der Waals surface area contributed by atoms with Gasteiger partial charge in [0.15, 0.2) is 12.3 Å². The van der Waals surface area contributed by atoms with Crippen LogP contribution in [-0.4, -0.2) is 18.4 Å². The van der Waals surface area contributed by atoms with Gasteiger partial charge < -0.3 is 4.74 Å². The minimum absolute atomic E-state index is 0.0535. The molecule has 0 heterocycles. The van der Waals surface area contributed by atoms with E-state index in [1.54, 1.807) is 6.92 Å². The first-order chi connectivity index (χ1) is 16.5. The lowest BCUT2D eigenvalue weighted by Gasteiger charge is -2.32. The van der Waals surface area contributed by atoms with E-state index in [4.69, 9.17) is 4.74 Å². The summed E-state index contributed by atoms with van der Waals surface area (Å²) in [6, 6.07) is 7.74. The molecule has 0 aliphatic rings. The molecule has 1 amide bonds. The zero-order valence-corrected chi connectivity index (χ0v) is 20.3. The van der Waals surface area contributed by atoms with E-state index in [0.29, 0.717) is 11.1 Å². The van der Waals surface area contributed by atoms with Crippen molar-refractivity contribution < 1.29 is 35.9 Å². The number of hydrogen-bond acceptors (Lipinski definition) is 3. The molecule has 36 heavy (non-hydrogen) atoms. The average molecular weight is 513 g/mol. The first-order valence-electron chi connectivity index (χ1n) is 10.7. The zero-order chi connectivity index (χ0) is 27.5. The standard InChI is InChI=1S/C26H25F6NO3/c1-15(12-16(2)19-6-8-20(9-7-19)26(30,31)32)18(4)25(28,29)24(5,27)21-10-11-22(17(3)13-21)36-14-23(34)33-35/h6-13H,14H2,1-5H3/b16-12+,18-15+/t24-/m1/s1. The summed E-state index contributed by atoms with van der Waals surface area (Å²) in [6.45, 7) is 5.58. The number of alkyl halides is 6. The Hall–Kier alpha value is -3.43. The van der Waals surface area contributed by atoms with Crippen LogP contribution in [0.15, 0.2) is 64.9 Å². The van der Waals surface area contributed by atoms with E-state index >= 15 is 13.2 Å². The Morgan fingerprint density at radius 1 is 0.944 bits per heavy atom. The summed E-state index contributed by atoms with van der Waals surface area (Å²) in [5.74, 6) is -4.91. The quantitative estimate of drug-likeness (QED) is 0.205. The highest BCUT2D eigenvalue weighted by molar-refractivity contribution is 5.78. The largest absolute Gasteiger partial charge is 0.483 e. The van der Waals surface area contributed by atoms with Gasteiger partial charge in [0.2, 0.25) is 0 Å². The summed E-state index contributed by atoms with van der Waals surface area (Å²) in [7, 11) is 0. The van der Waals surface area contributed by atoms with Crippen molar-refractivity contribution in [2.24, 2.45) is 5.18 Å². The van der Waals surface area contributed by atoms with Gasteiger partial charge >= 0.3 is 18.0 Å². The Morgan fingerprint density at radius 3 is 2.00 bits per heavy atom. The number of hydrogen-bond donors (Lipinski definition) is 0. The van der Waals surface area contributed by atoms with Crippen LogP contribution in [0.2, 0.25) is 0 Å². The molecule has 194 valence electrons. The molecule has 2 aromatic carbocycles. The summed E-state index contributed by atoms with van der Waals surface area (Å²) < 4.78 is 89.9. The summed E-state index contributed by atoms with van der Waals surface area (Å²) in [4.78, 5) is 21.2. The summed E-state index contributed by atoms with van der Waals surface area (Å²) in [5, 5.41) is 2.18. The third kappa shape index (κ3) is 6.22. The van der Waals surface area contributed by atoms with Gasteiger partial charge in [-0.1, -0.05) is 24.3 Å². The van der Waals surface area contributed by atoms with Gasteiger partial charge in [-0.25, -0.2) is 4.39 Å². The Labute approximate surface area is 204 Å². The molecule has 2 rings (SSSR count). The maximum absolute atomic E-state index is 15.6. The molecule has 0 saturated heterocycles. The van der Waals surface area contributed by atoms with Crippen molar-refractivity contribution in [1.82, 2.24) is 0 Å². The SMILES string of the molecule is C/C(=C\C(C)=C(/C)C(F)(F)[C@](C)(F)c1ccc(OCC(=O)N=O)c(C)c1)c1ccc(C(F)(F)F)cc1. The lowest BCUT2D eigenvalue weighted by Crippen LogP contribution is -2.40. The molecule has 0 spiro atoms. The fourth-order valence-corrected chi connectivity index (χ4v) is 3.49. The highest BCUT2D eigenvalue weighted by Gasteiger charge is 2.54. The highest BCUT2D eigenvalue weighted by atomic mass is 19.4. The normalized spacial score (nSPS) is 15.1. The second-order valence-electron chi connectivity index (χ2n) is 8.54. The second kappa shape index (κ2) is 10.7. The number of aryl methyl sites for hydroxylation is 1. The molecule has 2 aromatic rings. The number of amides is 1. The number of allylic oxidation sites excluding steroid dienone is 4. The number of benzene rings is 2. The average Bonchev–Trinajstić information content (AvgIpc) is 2.81. The van der Waals surface area contributed by atoms with Crippen molar-refractivity contribution in [3.05, 3.63) is 86.8 Å². The van der Waals surface area contributed by atoms with Gasteiger partial charge in [-0.3, -0.25) is 4.79 Å². The van der Waals surface area contributed by atoms with Crippen molar-refractivity contribution in [2.45, 2.75) is 52.4 Å². The summed E-state index contributed by atoms with van der Waals surface area (Å²) >= 11 is 0. The highest BCUT2D eigenvalue weighted by Crippen LogP contribution is 2.47. The number of carbonyl (C=O) groups excluding carboxylic acids is 1. The zero-order valence-electron chi connectivity index (χ0n) is 20.3. The van der Waals surface area contributed by atoms with Crippen molar-refractivity contribution in [2.75, 3.05) is 6.61 Å². The van der Waals surface area contributed by atoms with Crippen molar-refractivity contribution in [1.29, 1.82) is 0 Å². The van der Waals surface area contributed by atoms with Gasteiger partial charge in [-0.15, -0.1) is 4.91 Å². The molecule has 4 nitrogen and oxygen atoms in total. The Morgan fingerprint density at radius 2 is 1.50 bits per heavy atom. The number of nitroso groups, excluding NO2 is 1. The number of nitrogens with zero attached hydrogens (tertiary/aromatic N) is 1. The van der Waals surface area contributed by atoms with Crippen molar-refractivity contribution in [3.8, 4) is 5.75 Å². The fourth-order valence-electron chi connectivity index (χ4n) is 3.49. The maximum atomic E-state index is 15.6. The van der Waals surface area contributed by atoms with Crippen LogP contribution in [0.25, 0.3) is 5.57 Å². The minimum Gasteiger partial charge on any atom is -0.483 e. The molecule has 0 aliphatic carbocycles. The molecule has 0 N–H and O–H groups in total. The van der Waals surface area contributed by atoms with Crippen LogP contribution in [0.4, 0.5) is 26.3 Å². The van der Waals surface area contributed by atoms with E-state index in [2.05, 4.69) is 5.18 Å². The smallest absolute Gasteiger partial charge is 0.416 e. The van der Waals surface area contributed by atoms with Crippen molar-refractivity contribution >= 4 is 11.5 Å². The molecule has 10 heteroatoms. The van der Waals surface area contributed by atoms with Crippen LogP contribution >= 0.6 is 0 Å². The number of carbonyl (C=O) groups is 1. The topological polar surface area (TPSA) is 55.7 Å². The van der Waals surface area contributed by atoms with E-state index in [1.807, 2.05) is 0 Å². The van der Waals surface area contributed by atoms with Crippen LogP contribution < -0.4 is 4.74 Å². The monoisotopic (exact) mass is 513 g/mol. The molecule has 0 aliphatic heterocycles. The predicted molar refractivity (Wildman–Crippen MR) is 124 cm³/mol. The molecule has 0 saturated carbocycles. The fraction of sp³-hybridized carbons (Fsp3) is 0.346. The summed E-state index contributed by atoms with van der Waals surface area (Å²) in [5.41, 5.74) is -3.73. The second-order valence-corrected chi connectivity index (χ2v) is 8.54. The van der Waals surface area contributed by atoms with E-state index in [9.17, 15) is 22.9 Å². The van der Waals surface area contributed by atoms with E-state index in [-0.39, 0.29) is 22.4 Å². The van der Waals surface area contributed by atoms with Crippen LogP contribution in [-0.2, 0) is 16.6 Å². The van der Waals surface area contributed by atoms with Crippen LogP contribution in [0, 0.1) is 11.8 Å². The van der Waals surface area contributed by atoms with Crippen LogP contribution in [0.5, 0.6) is 5.75 Å². The lowest BCUT2D eigenvalue weighted by atomic mass is 9.84. The Bertz CT molecular complexity index is 1200. The van der Waals surface area contributed by atoms with Gasteiger partial charge in [0, 0.05) is 10.7 Å². The van der Waals surface area contributed by atoms with Crippen molar-refractivity contribution in [3.63, 3.8) is 0 Å². The summed E-state index contributed by atoms with van der Waals surface area (Å²) in [6.07, 6.45) is -3.13. The maximum Gasteiger partial charge on any atom is 0.416 e. The molecule has 0 radical (unpaired) electrons. The first kappa shape index (κ1) is 28.8. The van der Waals surface area contributed by atoms with Gasteiger partial charge in [0.1, 0.15) is 5.75 Å². The predicted octanol–water partition coefficient (Wildman–Crippen LogP) is 7.95. The van der Waals surface area contributed by atoms with E-state index < -0.39 is 41.4 Å². The third-order valence-electron chi connectivity index (χ3n) is 5.92. The lowest BCUT2D eigenvalue weighted by molar-refractivity contribution is -0.137. The van der Waals surface area contributed by atoms with Gasteiger partial charge in [0.05, 0.1) is 5.56 Å². The van der Waals surface area contributed by atoms with Crippen LogP contribution in [0.1, 0.15) is 49.9 Å². The van der Waals surface area contributed by atoms with E-state index in [0.717, 1.165) is 38.1 Å². The van der Waals surface area contributed by atoms with Gasteiger partial charge in [-0.2, -0.15) is 22.0 Å². The molecule has 0 unspecified atom stereocenters.